The average molecular weight is 417 g/mol. The highest BCUT2D eigenvalue weighted by Gasteiger charge is 2.16. The minimum atomic E-state index is -0.336. The van der Waals surface area contributed by atoms with Crippen molar-refractivity contribution in [1.29, 1.82) is 0 Å². The van der Waals surface area contributed by atoms with Crippen molar-refractivity contribution in [2.45, 2.75) is 25.9 Å². The number of carbonyl (C=O) groups is 2. The van der Waals surface area contributed by atoms with Crippen LogP contribution < -0.4 is 20.3 Å². The summed E-state index contributed by atoms with van der Waals surface area (Å²) < 4.78 is 12.7. The number of ether oxygens (including phenoxy) is 2. The van der Waals surface area contributed by atoms with E-state index < -0.39 is 0 Å². The van der Waals surface area contributed by atoms with Crippen LogP contribution in [0.5, 0.6) is 11.5 Å². The lowest BCUT2D eigenvalue weighted by Crippen LogP contribution is -2.44. The van der Waals surface area contributed by atoms with Gasteiger partial charge in [0.15, 0.2) is 22.3 Å². The highest BCUT2D eigenvalue weighted by Crippen LogP contribution is 2.34. The van der Waals surface area contributed by atoms with E-state index in [1.165, 1.54) is 11.8 Å². The van der Waals surface area contributed by atoms with Crippen LogP contribution in [0.2, 0.25) is 0 Å². The molecule has 29 heavy (non-hydrogen) atoms. The zero-order chi connectivity index (χ0) is 21.1. The number of amides is 2. The van der Waals surface area contributed by atoms with E-state index in [1.807, 2.05) is 29.5 Å². The van der Waals surface area contributed by atoms with Crippen LogP contribution in [0.4, 0.5) is 0 Å². The van der Waals surface area contributed by atoms with E-state index in [-0.39, 0.29) is 23.5 Å². The number of carbonyl (C=O) groups excluding carboxylic acids is 2. The van der Waals surface area contributed by atoms with Gasteiger partial charge in [0.25, 0.3) is 0 Å². The maximum Gasteiger partial charge on any atom is 0.248 e. The van der Waals surface area contributed by atoms with Gasteiger partial charge >= 0.3 is 0 Å². The lowest BCUT2D eigenvalue weighted by Gasteiger charge is -2.12. The number of rotatable bonds is 6. The molecule has 3 rings (SSSR count). The van der Waals surface area contributed by atoms with Gasteiger partial charge in [-0.15, -0.1) is 10.2 Å². The molecular formula is C19H23N5O4S. The molecule has 3 aromatic rings. The second kappa shape index (κ2) is 8.56. The smallest absolute Gasteiger partial charge is 0.248 e. The molecule has 9 nitrogen and oxygen atoms in total. The maximum atomic E-state index is 12.1. The summed E-state index contributed by atoms with van der Waals surface area (Å²) in [5, 5.41) is 9.99. The summed E-state index contributed by atoms with van der Waals surface area (Å²) in [7, 11) is 3.17. The minimum Gasteiger partial charge on any atom is -0.493 e. The first-order valence-electron chi connectivity index (χ1n) is 8.97. The van der Waals surface area contributed by atoms with E-state index in [9.17, 15) is 9.59 Å². The number of fused-ring (bicyclic) bond motifs is 3. The van der Waals surface area contributed by atoms with Crippen molar-refractivity contribution in [2.75, 3.05) is 20.0 Å². The number of benzene rings is 1. The standard InChI is InChI=1S/C19H23N5O4S/c1-10(2)18(26)22-20-16(25)9-29-19-23-21-17-11(3)6-12-7-14(27-4)15(28-5)8-13(12)24(17)19/h6-8,10H,9H2,1-5H3,(H,20,25)(H,22,26). The molecule has 0 radical (unpaired) electrons. The van der Waals surface area contributed by atoms with Crippen molar-refractivity contribution in [3.05, 3.63) is 23.8 Å². The van der Waals surface area contributed by atoms with E-state index in [0.29, 0.717) is 22.3 Å². The maximum absolute atomic E-state index is 12.1. The normalized spacial score (nSPS) is 11.1. The number of aromatic nitrogens is 3. The molecule has 0 atom stereocenters. The molecule has 10 heteroatoms. The summed E-state index contributed by atoms with van der Waals surface area (Å²) in [6, 6.07) is 5.75. The third-order valence-electron chi connectivity index (χ3n) is 4.31. The Kier molecular flexibility index (Phi) is 6.12. The quantitative estimate of drug-likeness (QED) is 0.467. The number of aryl methyl sites for hydroxylation is 1. The molecule has 2 aromatic heterocycles. The summed E-state index contributed by atoms with van der Waals surface area (Å²) >= 11 is 1.23. The van der Waals surface area contributed by atoms with Crippen LogP contribution in [0.25, 0.3) is 16.6 Å². The van der Waals surface area contributed by atoms with Crippen molar-refractivity contribution in [3.63, 3.8) is 0 Å². The van der Waals surface area contributed by atoms with Crippen LogP contribution in [0.1, 0.15) is 19.4 Å². The molecule has 0 saturated heterocycles. The number of thioether (sulfide) groups is 1. The van der Waals surface area contributed by atoms with Gasteiger partial charge < -0.3 is 9.47 Å². The van der Waals surface area contributed by atoms with Gasteiger partial charge in [-0.25, -0.2) is 0 Å². The molecule has 0 bridgehead atoms. The van der Waals surface area contributed by atoms with Crippen molar-refractivity contribution >= 4 is 40.1 Å². The van der Waals surface area contributed by atoms with Crippen LogP contribution in [0.15, 0.2) is 23.4 Å². The first-order chi connectivity index (χ1) is 13.8. The van der Waals surface area contributed by atoms with Crippen LogP contribution in [0, 0.1) is 12.8 Å². The summed E-state index contributed by atoms with van der Waals surface area (Å²) in [5.74, 6) is 0.480. The van der Waals surface area contributed by atoms with E-state index in [1.54, 1.807) is 28.1 Å². The van der Waals surface area contributed by atoms with Gasteiger partial charge in [-0.3, -0.25) is 24.8 Å². The zero-order valence-corrected chi connectivity index (χ0v) is 17.7. The van der Waals surface area contributed by atoms with Crippen molar-refractivity contribution in [1.82, 2.24) is 25.4 Å². The summed E-state index contributed by atoms with van der Waals surface area (Å²) in [6.45, 7) is 5.44. The van der Waals surface area contributed by atoms with Crippen LogP contribution >= 0.6 is 11.8 Å². The molecule has 1 aromatic carbocycles. The highest BCUT2D eigenvalue weighted by atomic mass is 32.2. The lowest BCUT2D eigenvalue weighted by atomic mass is 10.1. The van der Waals surface area contributed by atoms with Crippen LogP contribution in [-0.2, 0) is 9.59 Å². The first kappa shape index (κ1) is 20.7. The number of hydrazine groups is 1. The molecule has 0 unspecified atom stereocenters. The molecule has 0 aliphatic rings. The highest BCUT2D eigenvalue weighted by molar-refractivity contribution is 7.99. The Labute approximate surface area is 172 Å². The second-order valence-electron chi connectivity index (χ2n) is 6.72. The lowest BCUT2D eigenvalue weighted by molar-refractivity contribution is -0.129. The zero-order valence-electron chi connectivity index (χ0n) is 16.9. The van der Waals surface area contributed by atoms with Crippen LogP contribution in [0.3, 0.4) is 0 Å². The molecule has 0 saturated carbocycles. The Bertz CT molecular complexity index is 1080. The van der Waals surface area contributed by atoms with Gasteiger partial charge in [0, 0.05) is 17.4 Å². The molecule has 0 fully saturated rings. The third kappa shape index (κ3) is 4.21. The monoisotopic (exact) mass is 417 g/mol. The van der Waals surface area contributed by atoms with E-state index in [0.717, 1.165) is 16.5 Å². The van der Waals surface area contributed by atoms with E-state index in [2.05, 4.69) is 21.0 Å². The molecule has 2 amide bonds. The number of methoxy groups -OCH3 is 2. The van der Waals surface area contributed by atoms with Gasteiger partial charge in [0.05, 0.1) is 25.5 Å². The first-order valence-corrected chi connectivity index (χ1v) is 9.96. The predicted octanol–water partition coefficient (Wildman–Crippen LogP) is 2.10. The fraction of sp³-hybridized carbons (Fsp3) is 0.368. The molecule has 2 heterocycles. The summed E-state index contributed by atoms with van der Waals surface area (Å²) in [5.41, 5.74) is 7.27. The largest absolute Gasteiger partial charge is 0.493 e. The fourth-order valence-electron chi connectivity index (χ4n) is 2.77. The number of pyridine rings is 1. The average Bonchev–Trinajstić information content (AvgIpc) is 3.14. The summed E-state index contributed by atoms with van der Waals surface area (Å²) in [4.78, 5) is 23.6. The predicted molar refractivity (Wildman–Crippen MR) is 110 cm³/mol. The summed E-state index contributed by atoms with van der Waals surface area (Å²) in [6.07, 6.45) is 0. The number of hydrogen-bond donors (Lipinski definition) is 2. The fourth-order valence-corrected chi connectivity index (χ4v) is 3.51. The second-order valence-corrected chi connectivity index (χ2v) is 7.66. The van der Waals surface area contributed by atoms with Crippen molar-refractivity contribution < 1.29 is 19.1 Å². The Morgan fingerprint density at radius 3 is 2.45 bits per heavy atom. The molecule has 0 aliphatic heterocycles. The third-order valence-corrected chi connectivity index (χ3v) is 5.24. The van der Waals surface area contributed by atoms with Gasteiger partial charge in [0.1, 0.15) is 0 Å². The molecule has 0 spiro atoms. The van der Waals surface area contributed by atoms with Gasteiger partial charge in [-0.1, -0.05) is 25.6 Å². The van der Waals surface area contributed by atoms with E-state index in [4.69, 9.17) is 9.47 Å². The number of nitrogens with one attached hydrogen (secondary N) is 2. The number of hydrogen-bond acceptors (Lipinski definition) is 7. The van der Waals surface area contributed by atoms with Crippen molar-refractivity contribution in [3.8, 4) is 11.5 Å². The van der Waals surface area contributed by atoms with Gasteiger partial charge in [0.2, 0.25) is 11.8 Å². The Morgan fingerprint density at radius 1 is 1.10 bits per heavy atom. The Hall–Kier alpha value is -3.01. The van der Waals surface area contributed by atoms with Crippen molar-refractivity contribution in [2.24, 2.45) is 5.92 Å². The molecule has 2 N–H and O–H groups in total. The van der Waals surface area contributed by atoms with E-state index >= 15 is 0 Å². The molecular weight excluding hydrogens is 394 g/mol. The van der Waals surface area contributed by atoms with Gasteiger partial charge in [-0.2, -0.15) is 0 Å². The SMILES string of the molecule is COc1cc2cc(C)c3nnc(SCC(=O)NNC(=O)C(C)C)n3c2cc1OC. The Balaban J connectivity index is 1.91. The molecule has 154 valence electrons. The topological polar surface area (TPSA) is 107 Å². The Morgan fingerprint density at radius 2 is 1.79 bits per heavy atom. The minimum absolute atomic E-state index is 0.0713. The van der Waals surface area contributed by atoms with Gasteiger partial charge in [-0.05, 0) is 24.6 Å². The molecule has 0 aliphatic carbocycles. The van der Waals surface area contributed by atoms with Crippen LogP contribution in [-0.4, -0.2) is 46.4 Å². The number of nitrogens with zero attached hydrogens (tertiary/aromatic N) is 3.